The van der Waals surface area contributed by atoms with Gasteiger partial charge in [-0.2, -0.15) is 0 Å². The highest BCUT2D eigenvalue weighted by Gasteiger charge is 2.20. The zero-order valence-corrected chi connectivity index (χ0v) is 17.6. The summed E-state index contributed by atoms with van der Waals surface area (Å²) in [5.41, 5.74) is 6.68. The molecule has 0 unspecified atom stereocenters. The highest BCUT2D eigenvalue weighted by molar-refractivity contribution is 6.30. The average Bonchev–Trinajstić information content (AvgIpc) is 3.11. The quantitative estimate of drug-likeness (QED) is 0.451. The first-order valence-electron chi connectivity index (χ1n) is 9.76. The van der Waals surface area contributed by atoms with E-state index in [0.717, 1.165) is 33.8 Å². The Kier molecular flexibility index (Phi) is 5.68. The highest BCUT2D eigenvalue weighted by atomic mass is 35.5. The van der Waals surface area contributed by atoms with Gasteiger partial charge in [0.05, 0.1) is 11.3 Å². The normalized spacial score (nSPS) is 10.8. The van der Waals surface area contributed by atoms with Gasteiger partial charge < -0.3 is 9.88 Å². The second-order valence-corrected chi connectivity index (χ2v) is 7.63. The number of amides is 1. The van der Waals surface area contributed by atoms with Crippen molar-refractivity contribution in [3.05, 3.63) is 107 Å². The monoisotopic (exact) mass is 415 g/mol. The molecule has 0 aliphatic carbocycles. The van der Waals surface area contributed by atoms with Gasteiger partial charge in [-0.25, -0.2) is 0 Å². The van der Waals surface area contributed by atoms with Gasteiger partial charge in [-0.05, 0) is 66.9 Å². The second-order valence-electron chi connectivity index (χ2n) is 7.20. The number of rotatable bonds is 5. The summed E-state index contributed by atoms with van der Waals surface area (Å²) >= 11 is 6.09. The number of nitrogens with zero attached hydrogens (tertiary/aromatic N) is 2. The van der Waals surface area contributed by atoms with Crippen molar-refractivity contribution in [1.82, 2.24) is 14.9 Å². The summed E-state index contributed by atoms with van der Waals surface area (Å²) in [4.78, 5) is 17.1. The molecule has 0 atom stereocenters. The third-order valence-corrected chi connectivity index (χ3v) is 5.44. The second kappa shape index (κ2) is 8.56. The Balaban J connectivity index is 1.77. The minimum absolute atomic E-state index is 0.105. The van der Waals surface area contributed by atoms with E-state index in [2.05, 4.69) is 33.9 Å². The summed E-state index contributed by atoms with van der Waals surface area (Å²) in [5, 5.41) is 3.70. The molecule has 0 aliphatic heterocycles. The molecule has 2 heterocycles. The van der Waals surface area contributed by atoms with Gasteiger partial charge >= 0.3 is 0 Å². The lowest BCUT2D eigenvalue weighted by molar-refractivity contribution is 0.0950. The lowest BCUT2D eigenvalue weighted by Crippen LogP contribution is -2.23. The fourth-order valence-electron chi connectivity index (χ4n) is 3.57. The van der Waals surface area contributed by atoms with Gasteiger partial charge in [-0.3, -0.25) is 9.78 Å². The van der Waals surface area contributed by atoms with E-state index in [-0.39, 0.29) is 5.91 Å². The first kappa shape index (κ1) is 19.9. The van der Waals surface area contributed by atoms with Crippen LogP contribution in [0.2, 0.25) is 5.02 Å². The third kappa shape index (κ3) is 4.00. The molecule has 0 fully saturated rings. The standard InChI is InChI=1S/C25H22ClN3O/c1-17-5-3-4-6-23(17)29-18(2)22(15-24(29)20-7-9-21(26)10-8-20)25(30)28-16-19-11-13-27-14-12-19/h3-15H,16H2,1-2H3,(H,28,30). The Hall–Kier alpha value is -3.37. The molecule has 0 radical (unpaired) electrons. The van der Waals surface area contributed by atoms with Crippen molar-refractivity contribution in [1.29, 1.82) is 0 Å². The number of pyridine rings is 1. The zero-order valence-electron chi connectivity index (χ0n) is 16.9. The summed E-state index contributed by atoms with van der Waals surface area (Å²) in [5.74, 6) is -0.105. The Bertz CT molecular complexity index is 1180. The number of para-hydroxylation sites is 1. The molecule has 2 aromatic carbocycles. The van der Waals surface area contributed by atoms with Crippen LogP contribution in [0.3, 0.4) is 0 Å². The fraction of sp³-hybridized carbons (Fsp3) is 0.120. The minimum Gasteiger partial charge on any atom is -0.348 e. The Labute approximate surface area is 181 Å². The molecule has 0 bridgehead atoms. The third-order valence-electron chi connectivity index (χ3n) is 5.19. The maximum Gasteiger partial charge on any atom is 0.253 e. The Morgan fingerprint density at radius 3 is 2.40 bits per heavy atom. The van der Waals surface area contributed by atoms with Crippen molar-refractivity contribution in [3.63, 3.8) is 0 Å². The predicted octanol–water partition coefficient (Wildman–Crippen LogP) is 5.74. The molecule has 4 nitrogen and oxygen atoms in total. The molecule has 0 spiro atoms. The Morgan fingerprint density at radius 1 is 1.00 bits per heavy atom. The molecule has 1 N–H and O–H groups in total. The van der Waals surface area contributed by atoms with Gasteiger partial charge in [0, 0.05) is 35.3 Å². The molecule has 0 saturated carbocycles. The molecular weight excluding hydrogens is 394 g/mol. The van der Waals surface area contributed by atoms with Gasteiger partial charge in [0.1, 0.15) is 0 Å². The van der Waals surface area contributed by atoms with Gasteiger partial charge in [0.15, 0.2) is 0 Å². The molecule has 0 aliphatic rings. The van der Waals surface area contributed by atoms with Crippen LogP contribution in [0, 0.1) is 13.8 Å². The largest absolute Gasteiger partial charge is 0.348 e. The number of carbonyl (C=O) groups excluding carboxylic acids is 1. The van der Waals surface area contributed by atoms with Gasteiger partial charge in [-0.1, -0.05) is 41.9 Å². The number of aromatic nitrogens is 2. The van der Waals surface area contributed by atoms with Crippen LogP contribution in [-0.4, -0.2) is 15.5 Å². The molecule has 5 heteroatoms. The van der Waals surface area contributed by atoms with Crippen LogP contribution in [0.5, 0.6) is 0 Å². The number of aryl methyl sites for hydroxylation is 1. The summed E-state index contributed by atoms with van der Waals surface area (Å²) in [6.07, 6.45) is 3.44. The maximum absolute atomic E-state index is 13.0. The summed E-state index contributed by atoms with van der Waals surface area (Å²) in [6.45, 7) is 4.50. The van der Waals surface area contributed by atoms with Crippen molar-refractivity contribution in [2.24, 2.45) is 0 Å². The topological polar surface area (TPSA) is 46.9 Å². The summed E-state index contributed by atoms with van der Waals surface area (Å²) in [7, 11) is 0. The van der Waals surface area contributed by atoms with Crippen LogP contribution < -0.4 is 5.32 Å². The van der Waals surface area contributed by atoms with Crippen molar-refractivity contribution in [3.8, 4) is 16.9 Å². The SMILES string of the molecule is Cc1ccccc1-n1c(-c2ccc(Cl)cc2)cc(C(=O)NCc2ccncc2)c1C. The highest BCUT2D eigenvalue weighted by Crippen LogP contribution is 2.31. The van der Waals surface area contributed by atoms with E-state index in [4.69, 9.17) is 11.6 Å². The number of carbonyl (C=O) groups is 1. The van der Waals surface area contributed by atoms with Crippen LogP contribution in [0.15, 0.2) is 79.1 Å². The number of hydrogen-bond acceptors (Lipinski definition) is 2. The first-order chi connectivity index (χ1) is 14.5. The lowest BCUT2D eigenvalue weighted by atomic mass is 10.1. The Morgan fingerprint density at radius 2 is 1.70 bits per heavy atom. The van der Waals surface area contributed by atoms with E-state index in [1.165, 1.54) is 0 Å². The van der Waals surface area contributed by atoms with E-state index >= 15 is 0 Å². The van der Waals surface area contributed by atoms with E-state index in [1.807, 2.05) is 61.5 Å². The van der Waals surface area contributed by atoms with Crippen molar-refractivity contribution in [2.45, 2.75) is 20.4 Å². The van der Waals surface area contributed by atoms with E-state index < -0.39 is 0 Å². The number of benzene rings is 2. The summed E-state index contributed by atoms with van der Waals surface area (Å²) in [6, 6.07) is 21.6. The fourth-order valence-corrected chi connectivity index (χ4v) is 3.70. The zero-order chi connectivity index (χ0) is 21.1. The molecule has 0 saturated heterocycles. The van der Waals surface area contributed by atoms with Gasteiger partial charge in [-0.15, -0.1) is 0 Å². The molecule has 4 aromatic rings. The minimum atomic E-state index is -0.105. The predicted molar refractivity (Wildman–Crippen MR) is 121 cm³/mol. The maximum atomic E-state index is 13.0. The van der Waals surface area contributed by atoms with Crippen LogP contribution in [0.1, 0.15) is 27.2 Å². The smallest absolute Gasteiger partial charge is 0.253 e. The van der Waals surface area contributed by atoms with E-state index in [1.54, 1.807) is 12.4 Å². The first-order valence-corrected chi connectivity index (χ1v) is 10.1. The van der Waals surface area contributed by atoms with Crippen LogP contribution >= 0.6 is 11.6 Å². The van der Waals surface area contributed by atoms with Crippen molar-refractivity contribution in [2.75, 3.05) is 0 Å². The molecule has 2 aromatic heterocycles. The van der Waals surface area contributed by atoms with Gasteiger partial charge in [0.2, 0.25) is 0 Å². The summed E-state index contributed by atoms with van der Waals surface area (Å²) < 4.78 is 2.14. The van der Waals surface area contributed by atoms with E-state index in [9.17, 15) is 4.79 Å². The van der Waals surface area contributed by atoms with Gasteiger partial charge in [0.25, 0.3) is 5.91 Å². The lowest BCUT2D eigenvalue weighted by Gasteiger charge is -2.15. The van der Waals surface area contributed by atoms with E-state index in [0.29, 0.717) is 17.1 Å². The number of halogens is 1. The number of hydrogen-bond donors (Lipinski definition) is 1. The van der Waals surface area contributed by atoms with Crippen LogP contribution in [0.4, 0.5) is 0 Å². The molecule has 1 amide bonds. The molecule has 4 rings (SSSR count). The molecule has 30 heavy (non-hydrogen) atoms. The number of nitrogens with one attached hydrogen (secondary N) is 1. The van der Waals surface area contributed by atoms with Crippen LogP contribution in [-0.2, 0) is 6.54 Å². The van der Waals surface area contributed by atoms with Crippen molar-refractivity contribution < 1.29 is 4.79 Å². The van der Waals surface area contributed by atoms with Crippen LogP contribution in [0.25, 0.3) is 16.9 Å². The molecule has 150 valence electrons. The molecular formula is C25H22ClN3O. The van der Waals surface area contributed by atoms with Crippen molar-refractivity contribution >= 4 is 17.5 Å². The average molecular weight is 416 g/mol.